The van der Waals surface area contributed by atoms with Gasteiger partial charge in [0.05, 0.1) is 0 Å². The highest BCUT2D eigenvalue weighted by Gasteiger charge is 2.26. The number of hydrogen-bond donors (Lipinski definition) is 0. The fourth-order valence-corrected chi connectivity index (χ4v) is 1.79. The molecule has 0 aliphatic heterocycles. The van der Waals surface area contributed by atoms with Crippen LogP contribution in [0, 0.1) is 31.6 Å². The standard InChI is InChI=1S/C11H22N2O6/c1-9(2)5-6-11(3,4)7-10(19-13(16)17)8-18-12(14)15/h9-10H,5-8H2,1-4H3/t10-/m1/s1. The molecule has 0 aromatic heterocycles. The highest BCUT2D eigenvalue weighted by atomic mass is 17.0. The van der Waals surface area contributed by atoms with Gasteiger partial charge in [-0.3, -0.25) is 0 Å². The highest BCUT2D eigenvalue weighted by molar-refractivity contribution is 4.74. The Balaban J connectivity index is 4.41. The predicted molar refractivity (Wildman–Crippen MR) is 67.3 cm³/mol. The predicted octanol–water partition coefficient (Wildman–Crippen LogP) is 2.62. The highest BCUT2D eigenvalue weighted by Crippen LogP contribution is 2.31. The SMILES string of the molecule is CC(C)CCC(C)(C)C[C@H](CO[N+](=O)[O-])O[N+](=O)[O-]. The zero-order valence-corrected chi connectivity index (χ0v) is 11.8. The van der Waals surface area contributed by atoms with Crippen LogP contribution < -0.4 is 0 Å². The quantitative estimate of drug-likeness (QED) is 0.449. The van der Waals surface area contributed by atoms with E-state index in [1.807, 2.05) is 13.8 Å². The van der Waals surface area contributed by atoms with E-state index in [4.69, 9.17) is 0 Å². The van der Waals surface area contributed by atoms with E-state index in [2.05, 4.69) is 23.5 Å². The molecular formula is C11H22N2O6. The number of hydrogen-bond acceptors (Lipinski definition) is 6. The van der Waals surface area contributed by atoms with E-state index in [9.17, 15) is 20.2 Å². The van der Waals surface area contributed by atoms with Gasteiger partial charge in [-0.15, -0.1) is 20.2 Å². The van der Waals surface area contributed by atoms with Gasteiger partial charge in [0.2, 0.25) is 0 Å². The van der Waals surface area contributed by atoms with Crippen LogP contribution in [-0.4, -0.2) is 22.9 Å². The number of rotatable bonds is 10. The van der Waals surface area contributed by atoms with Crippen molar-refractivity contribution in [3.05, 3.63) is 20.2 Å². The molecule has 0 radical (unpaired) electrons. The third-order valence-corrected chi connectivity index (χ3v) is 2.78. The molecule has 19 heavy (non-hydrogen) atoms. The van der Waals surface area contributed by atoms with Gasteiger partial charge in [0, 0.05) is 0 Å². The van der Waals surface area contributed by atoms with Crippen molar-refractivity contribution in [2.45, 2.75) is 53.1 Å². The Morgan fingerprint density at radius 3 is 2.16 bits per heavy atom. The lowest BCUT2D eigenvalue weighted by molar-refractivity contribution is -0.790. The van der Waals surface area contributed by atoms with Crippen molar-refractivity contribution in [2.75, 3.05) is 6.61 Å². The van der Waals surface area contributed by atoms with Crippen LogP contribution in [0.25, 0.3) is 0 Å². The largest absolute Gasteiger partial charge is 0.312 e. The van der Waals surface area contributed by atoms with E-state index < -0.39 is 22.9 Å². The molecule has 0 bridgehead atoms. The minimum atomic E-state index is -0.975. The van der Waals surface area contributed by atoms with Crippen LogP contribution in [0.4, 0.5) is 0 Å². The third kappa shape index (κ3) is 10.0. The van der Waals surface area contributed by atoms with Crippen LogP contribution >= 0.6 is 0 Å². The first-order chi connectivity index (χ1) is 8.62. The summed E-state index contributed by atoms with van der Waals surface area (Å²) in [5, 5.41) is 18.6. The molecule has 112 valence electrons. The Morgan fingerprint density at radius 1 is 1.16 bits per heavy atom. The second kappa shape index (κ2) is 7.75. The Labute approximate surface area is 112 Å². The average Bonchev–Trinajstić information content (AvgIpc) is 2.22. The molecule has 0 rings (SSSR count). The van der Waals surface area contributed by atoms with Gasteiger partial charge in [-0.2, -0.15) is 0 Å². The summed E-state index contributed by atoms with van der Waals surface area (Å²) >= 11 is 0. The lowest BCUT2D eigenvalue weighted by atomic mass is 9.80. The van der Waals surface area contributed by atoms with E-state index in [1.165, 1.54) is 0 Å². The fourth-order valence-electron chi connectivity index (χ4n) is 1.79. The van der Waals surface area contributed by atoms with E-state index in [0.717, 1.165) is 12.8 Å². The minimum Gasteiger partial charge on any atom is -0.312 e. The fraction of sp³-hybridized carbons (Fsp3) is 1.00. The lowest BCUT2D eigenvalue weighted by Gasteiger charge is -2.29. The second-order valence-corrected chi connectivity index (χ2v) is 5.77. The Hall–Kier alpha value is -1.60. The lowest BCUT2D eigenvalue weighted by Crippen LogP contribution is -2.30. The second-order valence-electron chi connectivity index (χ2n) is 5.77. The molecule has 0 aliphatic carbocycles. The van der Waals surface area contributed by atoms with Gasteiger partial charge in [0.25, 0.3) is 10.2 Å². The van der Waals surface area contributed by atoms with Crippen molar-refractivity contribution < 1.29 is 19.8 Å². The topological polar surface area (TPSA) is 105 Å². The van der Waals surface area contributed by atoms with Crippen molar-refractivity contribution in [3.8, 4) is 0 Å². The monoisotopic (exact) mass is 278 g/mol. The normalized spacial score (nSPS) is 13.1. The minimum absolute atomic E-state index is 0.203. The van der Waals surface area contributed by atoms with Crippen molar-refractivity contribution >= 4 is 0 Å². The van der Waals surface area contributed by atoms with E-state index in [0.29, 0.717) is 12.3 Å². The summed E-state index contributed by atoms with van der Waals surface area (Å²) in [6.07, 6.45) is 1.24. The summed E-state index contributed by atoms with van der Waals surface area (Å²) < 4.78 is 0. The van der Waals surface area contributed by atoms with Gasteiger partial charge in [0.1, 0.15) is 12.7 Å². The summed E-state index contributed by atoms with van der Waals surface area (Å²) in [5.41, 5.74) is -0.203. The van der Waals surface area contributed by atoms with Crippen molar-refractivity contribution in [2.24, 2.45) is 11.3 Å². The molecule has 0 aromatic carbocycles. The van der Waals surface area contributed by atoms with E-state index >= 15 is 0 Å². The van der Waals surface area contributed by atoms with Gasteiger partial charge < -0.3 is 9.68 Å². The zero-order valence-electron chi connectivity index (χ0n) is 11.8. The molecule has 8 nitrogen and oxygen atoms in total. The summed E-state index contributed by atoms with van der Waals surface area (Å²) in [4.78, 5) is 29.1. The molecule has 0 unspecified atom stereocenters. The first kappa shape index (κ1) is 17.4. The third-order valence-electron chi connectivity index (χ3n) is 2.78. The number of nitrogens with zero attached hydrogens (tertiary/aromatic N) is 2. The summed E-state index contributed by atoms with van der Waals surface area (Å²) in [5.74, 6) is 0.532. The summed E-state index contributed by atoms with van der Waals surface area (Å²) in [7, 11) is 0. The maximum atomic E-state index is 10.4. The van der Waals surface area contributed by atoms with Gasteiger partial charge in [-0.25, -0.2) is 0 Å². The van der Waals surface area contributed by atoms with Gasteiger partial charge in [0.15, 0.2) is 0 Å². The molecule has 0 saturated heterocycles. The molecular weight excluding hydrogens is 256 g/mol. The molecule has 0 amide bonds. The molecule has 0 heterocycles. The molecule has 8 heteroatoms. The maximum absolute atomic E-state index is 10.4. The molecule has 0 aliphatic rings. The first-order valence-electron chi connectivity index (χ1n) is 6.21. The van der Waals surface area contributed by atoms with Crippen LogP contribution in [0.2, 0.25) is 0 Å². The van der Waals surface area contributed by atoms with Crippen molar-refractivity contribution in [1.29, 1.82) is 0 Å². The van der Waals surface area contributed by atoms with Crippen molar-refractivity contribution in [3.63, 3.8) is 0 Å². The Bertz CT molecular complexity index is 306. The van der Waals surface area contributed by atoms with Crippen LogP contribution in [-0.2, 0) is 9.68 Å². The molecule has 0 N–H and O–H groups in total. The molecule has 0 aromatic rings. The van der Waals surface area contributed by atoms with Crippen LogP contribution in [0.15, 0.2) is 0 Å². The van der Waals surface area contributed by atoms with Gasteiger partial charge in [-0.05, 0) is 24.2 Å². The smallest absolute Gasteiger partial charge is 0.294 e. The zero-order chi connectivity index (χ0) is 15.1. The van der Waals surface area contributed by atoms with E-state index in [1.54, 1.807) is 0 Å². The molecule has 1 atom stereocenters. The molecule has 0 saturated carbocycles. The summed E-state index contributed by atoms with van der Waals surface area (Å²) in [6, 6.07) is 0. The van der Waals surface area contributed by atoms with Crippen LogP contribution in [0.3, 0.4) is 0 Å². The molecule has 0 fully saturated rings. The van der Waals surface area contributed by atoms with Gasteiger partial charge >= 0.3 is 0 Å². The maximum Gasteiger partial charge on any atom is 0.294 e. The van der Waals surface area contributed by atoms with Gasteiger partial charge in [-0.1, -0.05) is 34.1 Å². The summed E-state index contributed by atoms with van der Waals surface area (Å²) in [6.45, 7) is 7.67. The van der Waals surface area contributed by atoms with Crippen molar-refractivity contribution in [1.82, 2.24) is 0 Å². The average molecular weight is 278 g/mol. The molecule has 0 spiro atoms. The Kier molecular flexibility index (Phi) is 7.10. The van der Waals surface area contributed by atoms with Crippen LogP contribution in [0.5, 0.6) is 0 Å². The van der Waals surface area contributed by atoms with E-state index in [-0.39, 0.29) is 5.41 Å². The first-order valence-corrected chi connectivity index (χ1v) is 6.21. The Morgan fingerprint density at radius 2 is 1.74 bits per heavy atom. The van der Waals surface area contributed by atoms with Crippen LogP contribution in [0.1, 0.15) is 47.0 Å².